The van der Waals surface area contributed by atoms with Crippen molar-refractivity contribution in [1.29, 1.82) is 0 Å². The zero-order valence-electron chi connectivity index (χ0n) is 10.2. The molecule has 0 saturated carbocycles. The summed E-state index contributed by atoms with van der Waals surface area (Å²) in [6.45, 7) is 2.67. The van der Waals surface area contributed by atoms with Crippen molar-refractivity contribution in [1.82, 2.24) is 0 Å². The van der Waals surface area contributed by atoms with Crippen LogP contribution >= 0.6 is 0 Å². The first-order chi connectivity index (χ1) is 8.79. The third-order valence-corrected chi connectivity index (χ3v) is 2.41. The topological polar surface area (TPSA) is 51.5 Å². The van der Waals surface area contributed by atoms with E-state index in [2.05, 4.69) is 5.32 Å². The standard InChI is InChI=1S/C14H15NO3/c1-2-17-14(16)11-8-13(18-10-11)9-15-12-6-4-3-5-7-12/h3-8,10,15H,2,9H2,1H3. The molecule has 0 amide bonds. The molecule has 0 spiro atoms. The third-order valence-electron chi connectivity index (χ3n) is 2.41. The van der Waals surface area contributed by atoms with Gasteiger partial charge < -0.3 is 14.5 Å². The molecule has 2 aromatic rings. The lowest BCUT2D eigenvalue weighted by atomic mass is 10.3. The summed E-state index contributed by atoms with van der Waals surface area (Å²) in [7, 11) is 0. The summed E-state index contributed by atoms with van der Waals surface area (Å²) in [5, 5.41) is 3.20. The van der Waals surface area contributed by atoms with Crippen LogP contribution in [-0.2, 0) is 11.3 Å². The molecule has 0 bridgehead atoms. The summed E-state index contributed by atoms with van der Waals surface area (Å²) in [5.41, 5.74) is 1.45. The van der Waals surface area contributed by atoms with Crippen molar-refractivity contribution >= 4 is 11.7 Å². The zero-order valence-corrected chi connectivity index (χ0v) is 10.2. The molecule has 0 fully saturated rings. The van der Waals surface area contributed by atoms with Gasteiger partial charge in [-0.15, -0.1) is 0 Å². The lowest BCUT2D eigenvalue weighted by Crippen LogP contribution is -2.03. The molecular weight excluding hydrogens is 230 g/mol. The van der Waals surface area contributed by atoms with Gasteiger partial charge in [0.15, 0.2) is 0 Å². The molecule has 2 rings (SSSR count). The number of carbonyl (C=O) groups is 1. The third kappa shape index (κ3) is 3.13. The molecule has 0 aliphatic carbocycles. The highest BCUT2D eigenvalue weighted by Crippen LogP contribution is 2.12. The molecule has 0 atom stereocenters. The van der Waals surface area contributed by atoms with Gasteiger partial charge in [0.1, 0.15) is 12.0 Å². The van der Waals surface area contributed by atoms with Crippen molar-refractivity contribution in [3.8, 4) is 0 Å². The number of carbonyl (C=O) groups excluding carboxylic acids is 1. The molecule has 1 aromatic carbocycles. The largest absolute Gasteiger partial charge is 0.467 e. The first-order valence-electron chi connectivity index (χ1n) is 5.83. The Labute approximate surface area is 106 Å². The van der Waals surface area contributed by atoms with E-state index >= 15 is 0 Å². The van der Waals surface area contributed by atoms with Crippen LogP contribution in [0.3, 0.4) is 0 Å². The minimum atomic E-state index is -0.354. The maximum Gasteiger partial charge on any atom is 0.341 e. The fourth-order valence-electron chi connectivity index (χ4n) is 1.54. The smallest absolute Gasteiger partial charge is 0.341 e. The number of hydrogen-bond donors (Lipinski definition) is 1. The SMILES string of the molecule is CCOC(=O)c1coc(CNc2ccccc2)c1. The molecule has 1 N–H and O–H groups in total. The monoisotopic (exact) mass is 245 g/mol. The molecule has 0 aliphatic rings. The van der Waals surface area contributed by atoms with Gasteiger partial charge >= 0.3 is 5.97 Å². The van der Waals surface area contributed by atoms with Crippen molar-refractivity contribution in [2.45, 2.75) is 13.5 Å². The fraction of sp³-hybridized carbons (Fsp3) is 0.214. The summed E-state index contributed by atoms with van der Waals surface area (Å²) in [5.74, 6) is 0.342. The van der Waals surface area contributed by atoms with E-state index in [4.69, 9.17) is 9.15 Å². The predicted octanol–water partition coefficient (Wildman–Crippen LogP) is 3.07. The van der Waals surface area contributed by atoms with Crippen molar-refractivity contribution in [3.63, 3.8) is 0 Å². The Morgan fingerprint density at radius 2 is 2.11 bits per heavy atom. The highest BCUT2D eigenvalue weighted by Gasteiger charge is 2.10. The highest BCUT2D eigenvalue weighted by atomic mass is 16.5. The van der Waals surface area contributed by atoms with Gasteiger partial charge in [0.2, 0.25) is 0 Å². The lowest BCUT2D eigenvalue weighted by molar-refractivity contribution is 0.0525. The van der Waals surface area contributed by atoms with Crippen molar-refractivity contribution < 1.29 is 13.9 Å². The van der Waals surface area contributed by atoms with E-state index in [0.717, 1.165) is 5.69 Å². The number of esters is 1. The van der Waals surface area contributed by atoms with Crippen LogP contribution in [0.4, 0.5) is 5.69 Å². The Kier molecular flexibility index (Phi) is 4.02. The Morgan fingerprint density at radius 3 is 2.83 bits per heavy atom. The summed E-state index contributed by atoms with van der Waals surface area (Å²) >= 11 is 0. The lowest BCUT2D eigenvalue weighted by Gasteiger charge is -2.02. The Balaban J connectivity index is 1.93. The summed E-state index contributed by atoms with van der Waals surface area (Å²) in [6, 6.07) is 11.5. The van der Waals surface area contributed by atoms with Crippen LogP contribution in [0.25, 0.3) is 0 Å². The number of anilines is 1. The molecule has 18 heavy (non-hydrogen) atoms. The van der Waals surface area contributed by atoms with Crippen LogP contribution in [0.1, 0.15) is 23.0 Å². The molecule has 0 radical (unpaired) electrons. The predicted molar refractivity (Wildman–Crippen MR) is 68.4 cm³/mol. The number of furan rings is 1. The number of ether oxygens (including phenoxy) is 1. The van der Waals surface area contributed by atoms with Crippen LogP contribution in [0.5, 0.6) is 0 Å². The number of nitrogens with one attached hydrogen (secondary N) is 1. The van der Waals surface area contributed by atoms with Crippen molar-refractivity contribution in [3.05, 3.63) is 54.0 Å². The normalized spacial score (nSPS) is 10.1. The van der Waals surface area contributed by atoms with Gasteiger partial charge in [-0.2, -0.15) is 0 Å². The highest BCUT2D eigenvalue weighted by molar-refractivity contribution is 5.89. The van der Waals surface area contributed by atoms with Crippen LogP contribution in [0.15, 0.2) is 47.1 Å². The molecule has 94 valence electrons. The van der Waals surface area contributed by atoms with Gasteiger partial charge in [0.05, 0.1) is 18.7 Å². The van der Waals surface area contributed by atoms with Crippen LogP contribution in [0, 0.1) is 0 Å². The molecule has 0 saturated heterocycles. The van der Waals surface area contributed by atoms with Crippen LogP contribution in [0.2, 0.25) is 0 Å². The first kappa shape index (κ1) is 12.2. The van der Waals surface area contributed by atoms with Gasteiger partial charge in [-0.25, -0.2) is 4.79 Å². The maximum absolute atomic E-state index is 11.4. The van der Waals surface area contributed by atoms with Crippen LogP contribution < -0.4 is 5.32 Å². The summed E-state index contributed by atoms with van der Waals surface area (Å²) in [4.78, 5) is 11.4. The van der Waals surface area contributed by atoms with Crippen molar-refractivity contribution in [2.24, 2.45) is 0 Å². The Hall–Kier alpha value is -2.23. The molecule has 4 nitrogen and oxygen atoms in total. The molecule has 4 heteroatoms. The zero-order chi connectivity index (χ0) is 12.8. The Bertz CT molecular complexity index is 505. The second kappa shape index (κ2) is 5.91. The van der Waals surface area contributed by atoms with E-state index in [0.29, 0.717) is 24.5 Å². The number of hydrogen-bond acceptors (Lipinski definition) is 4. The average Bonchev–Trinajstić information content (AvgIpc) is 2.87. The van der Waals surface area contributed by atoms with Gasteiger partial charge in [-0.3, -0.25) is 0 Å². The van der Waals surface area contributed by atoms with Gasteiger partial charge in [-0.1, -0.05) is 18.2 Å². The molecule has 0 unspecified atom stereocenters. The minimum absolute atomic E-state index is 0.354. The minimum Gasteiger partial charge on any atom is -0.467 e. The number of para-hydroxylation sites is 1. The molecule has 0 aliphatic heterocycles. The van der Waals surface area contributed by atoms with Crippen molar-refractivity contribution in [2.75, 3.05) is 11.9 Å². The molecule has 1 aromatic heterocycles. The summed E-state index contributed by atoms with van der Waals surface area (Å²) < 4.78 is 10.2. The first-order valence-corrected chi connectivity index (χ1v) is 5.83. The van der Waals surface area contributed by atoms with E-state index in [-0.39, 0.29) is 5.97 Å². The molecular formula is C14H15NO3. The van der Waals surface area contributed by atoms with E-state index in [1.165, 1.54) is 6.26 Å². The summed E-state index contributed by atoms with van der Waals surface area (Å²) in [6.07, 6.45) is 1.42. The second-order valence-corrected chi connectivity index (χ2v) is 3.74. The maximum atomic E-state index is 11.4. The Morgan fingerprint density at radius 1 is 1.33 bits per heavy atom. The van der Waals surface area contributed by atoms with Crippen LogP contribution in [-0.4, -0.2) is 12.6 Å². The van der Waals surface area contributed by atoms with Gasteiger partial charge in [0.25, 0.3) is 0 Å². The van der Waals surface area contributed by atoms with Gasteiger partial charge in [-0.05, 0) is 25.1 Å². The number of benzene rings is 1. The van der Waals surface area contributed by atoms with E-state index < -0.39 is 0 Å². The average molecular weight is 245 g/mol. The molecule has 1 heterocycles. The number of rotatable bonds is 5. The quantitative estimate of drug-likeness (QED) is 0.822. The van der Waals surface area contributed by atoms with E-state index in [1.807, 2.05) is 30.3 Å². The van der Waals surface area contributed by atoms with Gasteiger partial charge in [0, 0.05) is 5.69 Å². The fourth-order valence-corrected chi connectivity index (χ4v) is 1.54. The van der Waals surface area contributed by atoms with E-state index in [1.54, 1.807) is 13.0 Å². The van der Waals surface area contributed by atoms with E-state index in [9.17, 15) is 4.79 Å². The second-order valence-electron chi connectivity index (χ2n) is 3.74.